The van der Waals surface area contributed by atoms with Gasteiger partial charge in [-0.15, -0.1) is 0 Å². The average Bonchev–Trinajstić information content (AvgIpc) is 2.47. The fourth-order valence-electron chi connectivity index (χ4n) is 3.02. The molecule has 4 heteroatoms. The molecule has 1 fully saturated rings. The maximum Gasteiger partial charge on any atom is 0.249 e. The Hall–Kier alpha value is -1.06. The predicted molar refractivity (Wildman–Crippen MR) is 81.3 cm³/mol. The van der Waals surface area contributed by atoms with E-state index in [-0.39, 0.29) is 29.8 Å². The van der Waals surface area contributed by atoms with Gasteiger partial charge in [-0.2, -0.15) is 0 Å². The summed E-state index contributed by atoms with van der Waals surface area (Å²) in [6.45, 7) is 12.2. The van der Waals surface area contributed by atoms with Crippen molar-refractivity contribution in [3.8, 4) is 0 Å². The van der Waals surface area contributed by atoms with Crippen LogP contribution in [-0.2, 0) is 9.59 Å². The van der Waals surface area contributed by atoms with Crippen LogP contribution in [0.1, 0.15) is 67.2 Å². The Labute approximate surface area is 123 Å². The highest BCUT2D eigenvalue weighted by Crippen LogP contribution is 2.31. The summed E-state index contributed by atoms with van der Waals surface area (Å²) >= 11 is 0. The molecule has 0 aromatic rings. The molecule has 3 atom stereocenters. The third kappa shape index (κ3) is 2.70. The fourth-order valence-corrected chi connectivity index (χ4v) is 3.02. The minimum Gasteiger partial charge on any atom is -0.340 e. The summed E-state index contributed by atoms with van der Waals surface area (Å²) < 4.78 is 0. The van der Waals surface area contributed by atoms with Crippen LogP contribution in [0, 0.1) is 5.92 Å². The first-order chi connectivity index (χ1) is 9.38. The maximum absolute atomic E-state index is 13.0. The molecule has 0 bridgehead atoms. The molecule has 0 aromatic heterocycles. The molecular weight excluding hydrogens is 252 g/mol. The highest BCUT2D eigenvalue weighted by Gasteiger charge is 2.51. The van der Waals surface area contributed by atoms with E-state index in [4.69, 9.17) is 0 Å². The van der Waals surface area contributed by atoms with Gasteiger partial charge in [-0.3, -0.25) is 9.59 Å². The van der Waals surface area contributed by atoms with Gasteiger partial charge in [0.2, 0.25) is 11.8 Å². The molecule has 20 heavy (non-hydrogen) atoms. The van der Waals surface area contributed by atoms with Crippen LogP contribution in [0.3, 0.4) is 0 Å². The summed E-state index contributed by atoms with van der Waals surface area (Å²) in [5.41, 5.74) is -0.704. The van der Waals surface area contributed by atoms with Crippen LogP contribution in [0.5, 0.6) is 0 Å². The topological polar surface area (TPSA) is 49.4 Å². The normalized spacial score (nSPS) is 25.3. The zero-order valence-electron chi connectivity index (χ0n) is 13.8. The first kappa shape index (κ1) is 17.0. The van der Waals surface area contributed by atoms with Gasteiger partial charge in [0.25, 0.3) is 0 Å². The number of nitrogens with one attached hydrogen (secondary N) is 1. The monoisotopic (exact) mass is 282 g/mol. The molecule has 1 aliphatic heterocycles. The Kier molecular flexibility index (Phi) is 5.60. The second kappa shape index (κ2) is 6.59. The zero-order valence-corrected chi connectivity index (χ0v) is 13.8. The van der Waals surface area contributed by atoms with Crippen molar-refractivity contribution >= 4 is 11.8 Å². The molecule has 3 unspecified atom stereocenters. The number of rotatable bonds is 6. The van der Waals surface area contributed by atoms with E-state index in [0.717, 1.165) is 12.8 Å². The van der Waals surface area contributed by atoms with Gasteiger partial charge in [0.05, 0.1) is 0 Å². The summed E-state index contributed by atoms with van der Waals surface area (Å²) in [6, 6.07) is -0.223. The standard InChI is InChI=1S/C16H30N2O2/c1-7-11(5)13-14(19)17-16(9-3,10-4)15(20)18(13)12(6)8-2/h11-13H,7-10H2,1-6H3,(H,17,19). The van der Waals surface area contributed by atoms with Crippen molar-refractivity contribution in [3.05, 3.63) is 0 Å². The summed E-state index contributed by atoms with van der Waals surface area (Å²) in [6.07, 6.45) is 3.06. The van der Waals surface area contributed by atoms with Crippen LogP contribution in [0.4, 0.5) is 0 Å². The molecular formula is C16H30N2O2. The number of carbonyl (C=O) groups excluding carboxylic acids is 2. The van der Waals surface area contributed by atoms with Gasteiger partial charge in [0.15, 0.2) is 0 Å². The Bertz CT molecular complexity index is 363. The molecule has 0 aromatic carbocycles. The van der Waals surface area contributed by atoms with Gasteiger partial charge in [-0.05, 0) is 32.1 Å². The smallest absolute Gasteiger partial charge is 0.249 e. The van der Waals surface area contributed by atoms with E-state index >= 15 is 0 Å². The van der Waals surface area contributed by atoms with Crippen LogP contribution in [0.2, 0.25) is 0 Å². The highest BCUT2D eigenvalue weighted by atomic mass is 16.2. The molecule has 1 saturated heterocycles. The molecule has 116 valence electrons. The largest absolute Gasteiger partial charge is 0.340 e. The van der Waals surface area contributed by atoms with E-state index in [9.17, 15) is 9.59 Å². The molecule has 1 N–H and O–H groups in total. The minimum atomic E-state index is -0.704. The van der Waals surface area contributed by atoms with Crippen molar-refractivity contribution in [3.63, 3.8) is 0 Å². The Morgan fingerprint density at radius 3 is 2.05 bits per heavy atom. The van der Waals surface area contributed by atoms with Gasteiger partial charge in [0, 0.05) is 6.04 Å². The zero-order chi connectivity index (χ0) is 15.5. The Morgan fingerprint density at radius 2 is 1.65 bits per heavy atom. The number of amides is 2. The van der Waals surface area contributed by atoms with E-state index in [0.29, 0.717) is 12.8 Å². The van der Waals surface area contributed by atoms with Gasteiger partial charge >= 0.3 is 0 Å². The lowest BCUT2D eigenvalue weighted by Gasteiger charge is -2.49. The maximum atomic E-state index is 13.0. The van der Waals surface area contributed by atoms with E-state index in [1.807, 2.05) is 25.7 Å². The minimum absolute atomic E-state index is 0.0166. The van der Waals surface area contributed by atoms with Gasteiger partial charge in [-0.25, -0.2) is 0 Å². The van der Waals surface area contributed by atoms with Crippen molar-refractivity contribution in [1.29, 1.82) is 0 Å². The molecule has 2 amide bonds. The average molecular weight is 282 g/mol. The Balaban J connectivity index is 3.24. The van der Waals surface area contributed by atoms with Crippen molar-refractivity contribution in [2.45, 2.75) is 84.8 Å². The number of nitrogens with zero attached hydrogens (tertiary/aromatic N) is 1. The van der Waals surface area contributed by atoms with Gasteiger partial charge < -0.3 is 10.2 Å². The number of hydrogen-bond donors (Lipinski definition) is 1. The number of hydrogen-bond acceptors (Lipinski definition) is 2. The molecule has 1 aliphatic rings. The third-order valence-electron chi connectivity index (χ3n) is 5.03. The number of carbonyl (C=O) groups is 2. The van der Waals surface area contributed by atoms with Crippen molar-refractivity contribution in [1.82, 2.24) is 10.2 Å². The second-order valence-electron chi connectivity index (χ2n) is 6.08. The lowest BCUT2D eigenvalue weighted by atomic mass is 9.83. The first-order valence-electron chi connectivity index (χ1n) is 8.03. The SMILES string of the molecule is CCC(C)C1C(=O)NC(CC)(CC)C(=O)N1C(C)CC. The lowest BCUT2D eigenvalue weighted by Crippen LogP contribution is -2.72. The first-order valence-corrected chi connectivity index (χ1v) is 8.03. The molecule has 1 heterocycles. The quantitative estimate of drug-likeness (QED) is 0.814. The van der Waals surface area contributed by atoms with E-state index in [2.05, 4.69) is 26.1 Å². The second-order valence-corrected chi connectivity index (χ2v) is 6.08. The third-order valence-corrected chi connectivity index (χ3v) is 5.03. The predicted octanol–water partition coefficient (Wildman–Crippen LogP) is 2.72. The Morgan fingerprint density at radius 1 is 1.10 bits per heavy atom. The highest BCUT2D eigenvalue weighted by molar-refractivity contribution is 6.00. The molecule has 4 nitrogen and oxygen atoms in total. The van der Waals surface area contributed by atoms with E-state index in [1.165, 1.54) is 0 Å². The fraction of sp³-hybridized carbons (Fsp3) is 0.875. The van der Waals surface area contributed by atoms with Crippen LogP contribution >= 0.6 is 0 Å². The molecule has 0 radical (unpaired) electrons. The van der Waals surface area contributed by atoms with Crippen LogP contribution in [0.15, 0.2) is 0 Å². The van der Waals surface area contributed by atoms with Crippen LogP contribution in [0.25, 0.3) is 0 Å². The summed E-state index contributed by atoms with van der Waals surface area (Å²) in [5, 5.41) is 3.02. The summed E-state index contributed by atoms with van der Waals surface area (Å²) in [4.78, 5) is 27.5. The molecule has 1 rings (SSSR count). The molecule has 0 aliphatic carbocycles. The summed E-state index contributed by atoms with van der Waals surface area (Å²) in [5.74, 6) is 0.296. The van der Waals surface area contributed by atoms with E-state index in [1.54, 1.807) is 0 Å². The molecule has 0 saturated carbocycles. The molecule has 0 spiro atoms. The van der Waals surface area contributed by atoms with Gasteiger partial charge in [0.1, 0.15) is 11.6 Å². The number of piperazine rings is 1. The van der Waals surface area contributed by atoms with E-state index < -0.39 is 5.54 Å². The van der Waals surface area contributed by atoms with Gasteiger partial charge in [-0.1, -0.05) is 41.0 Å². The lowest BCUT2D eigenvalue weighted by molar-refractivity contribution is -0.160. The van der Waals surface area contributed by atoms with Crippen molar-refractivity contribution in [2.75, 3.05) is 0 Å². The van der Waals surface area contributed by atoms with Crippen LogP contribution < -0.4 is 5.32 Å². The summed E-state index contributed by atoms with van der Waals surface area (Å²) in [7, 11) is 0. The van der Waals surface area contributed by atoms with Crippen LogP contribution in [-0.4, -0.2) is 34.3 Å². The van der Waals surface area contributed by atoms with Crippen molar-refractivity contribution in [2.24, 2.45) is 5.92 Å². The van der Waals surface area contributed by atoms with Crippen molar-refractivity contribution < 1.29 is 9.59 Å².